The van der Waals surface area contributed by atoms with Crippen LogP contribution in [0.4, 0.5) is 10.5 Å². The van der Waals surface area contributed by atoms with Gasteiger partial charge in [-0.15, -0.1) is 0 Å². The maximum absolute atomic E-state index is 11.9. The predicted octanol–water partition coefficient (Wildman–Crippen LogP) is 1.83. The number of anilines is 1. The Morgan fingerprint density at radius 1 is 1.53 bits per heavy atom. The van der Waals surface area contributed by atoms with Gasteiger partial charge in [-0.05, 0) is 37.5 Å². The van der Waals surface area contributed by atoms with Crippen LogP contribution in [0.3, 0.4) is 0 Å². The molecular formula is C14H21N3O2. The van der Waals surface area contributed by atoms with Crippen molar-refractivity contribution in [3.8, 4) is 0 Å². The van der Waals surface area contributed by atoms with E-state index >= 15 is 0 Å². The molecule has 0 radical (unpaired) electrons. The summed E-state index contributed by atoms with van der Waals surface area (Å²) in [6.07, 6.45) is 1.93. The molecule has 2 unspecified atom stereocenters. The van der Waals surface area contributed by atoms with Gasteiger partial charge < -0.3 is 21.1 Å². The highest BCUT2D eigenvalue weighted by Crippen LogP contribution is 2.14. The highest BCUT2D eigenvalue weighted by Gasteiger charge is 2.20. The Hall–Kier alpha value is -1.59. The number of rotatable bonds is 3. The first-order valence-electron chi connectivity index (χ1n) is 6.65. The van der Waals surface area contributed by atoms with Gasteiger partial charge in [-0.1, -0.05) is 12.1 Å². The highest BCUT2D eigenvalue weighted by molar-refractivity contribution is 5.89. The van der Waals surface area contributed by atoms with Crippen molar-refractivity contribution < 1.29 is 9.53 Å². The van der Waals surface area contributed by atoms with Crippen LogP contribution in [0.15, 0.2) is 24.3 Å². The van der Waals surface area contributed by atoms with Crippen LogP contribution < -0.4 is 16.4 Å². The minimum absolute atomic E-state index is 0.173. The molecule has 1 fully saturated rings. The number of carbonyl (C=O) groups excluding carboxylic acids is 1. The average Bonchev–Trinajstić information content (AvgIpc) is 2.38. The molecule has 1 aromatic rings. The number of ether oxygens (including phenoxy) is 1. The van der Waals surface area contributed by atoms with Crippen molar-refractivity contribution in [1.29, 1.82) is 0 Å². The van der Waals surface area contributed by atoms with Gasteiger partial charge in [-0.3, -0.25) is 0 Å². The highest BCUT2D eigenvalue weighted by atomic mass is 16.5. The molecule has 0 spiro atoms. The quantitative estimate of drug-likeness (QED) is 0.778. The summed E-state index contributed by atoms with van der Waals surface area (Å²) >= 11 is 0. The first kappa shape index (κ1) is 13.8. The molecule has 0 aromatic heterocycles. The van der Waals surface area contributed by atoms with Gasteiger partial charge in [0.2, 0.25) is 0 Å². The minimum atomic E-state index is -0.173. The van der Waals surface area contributed by atoms with Crippen LogP contribution in [0.2, 0.25) is 0 Å². The van der Waals surface area contributed by atoms with E-state index in [1.165, 1.54) is 0 Å². The lowest BCUT2D eigenvalue weighted by molar-refractivity contribution is 0.0157. The fourth-order valence-electron chi connectivity index (χ4n) is 2.26. The lowest BCUT2D eigenvalue weighted by atomic mass is 10.0. The van der Waals surface area contributed by atoms with Crippen LogP contribution >= 0.6 is 0 Å². The van der Waals surface area contributed by atoms with Crippen LogP contribution in [0, 0.1) is 0 Å². The van der Waals surface area contributed by atoms with E-state index in [1.54, 1.807) is 0 Å². The summed E-state index contributed by atoms with van der Waals surface area (Å²) in [6.45, 7) is 3.19. The number of nitrogens with two attached hydrogens (primary N) is 1. The molecule has 0 aliphatic carbocycles. The zero-order valence-electron chi connectivity index (χ0n) is 11.2. The molecule has 19 heavy (non-hydrogen) atoms. The summed E-state index contributed by atoms with van der Waals surface area (Å²) in [7, 11) is 0. The van der Waals surface area contributed by atoms with Crippen molar-refractivity contribution in [3.05, 3.63) is 29.8 Å². The van der Waals surface area contributed by atoms with E-state index < -0.39 is 0 Å². The topological polar surface area (TPSA) is 76.4 Å². The van der Waals surface area contributed by atoms with Crippen molar-refractivity contribution in [2.45, 2.75) is 38.5 Å². The Kier molecular flexibility index (Phi) is 4.76. The molecule has 2 amide bonds. The number of hydrogen-bond acceptors (Lipinski definition) is 3. The normalized spacial score (nSPS) is 22.8. The number of urea groups is 1. The van der Waals surface area contributed by atoms with Gasteiger partial charge in [-0.2, -0.15) is 0 Å². The summed E-state index contributed by atoms with van der Waals surface area (Å²) in [5.74, 6) is 0. The fraction of sp³-hybridized carbons (Fsp3) is 0.500. The second-order valence-electron chi connectivity index (χ2n) is 4.91. The number of carbonyl (C=O) groups is 1. The molecule has 1 heterocycles. The molecule has 0 saturated carbocycles. The summed E-state index contributed by atoms with van der Waals surface area (Å²) in [5.41, 5.74) is 7.33. The lowest BCUT2D eigenvalue weighted by Gasteiger charge is -2.27. The number of hydrogen-bond donors (Lipinski definition) is 3. The Balaban J connectivity index is 1.86. The zero-order valence-corrected chi connectivity index (χ0v) is 11.2. The Labute approximate surface area is 113 Å². The summed E-state index contributed by atoms with van der Waals surface area (Å²) in [5, 5.41) is 5.81. The van der Waals surface area contributed by atoms with Crippen molar-refractivity contribution >= 4 is 11.7 Å². The van der Waals surface area contributed by atoms with E-state index in [1.807, 2.05) is 31.2 Å². The first-order valence-corrected chi connectivity index (χ1v) is 6.65. The second-order valence-corrected chi connectivity index (χ2v) is 4.91. The first-order chi connectivity index (χ1) is 9.17. The molecule has 2 atom stereocenters. The number of benzene rings is 1. The fourth-order valence-corrected chi connectivity index (χ4v) is 2.26. The van der Waals surface area contributed by atoms with Gasteiger partial charge in [0.1, 0.15) is 0 Å². The SMILES string of the molecule is CC1CC(NC(=O)Nc2cccc(CN)c2)CCO1. The third-order valence-corrected chi connectivity index (χ3v) is 3.24. The van der Waals surface area contributed by atoms with Gasteiger partial charge in [0, 0.05) is 24.9 Å². The van der Waals surface area contributed by atoms with Crippen LogP contribution in [-0.2, 0) is 11.3 Å². The van der Waals surface area contributed by atoms with Crippen molar-refractivity contribution in [2.75, 3.05) is 11.9 Å². The van der Waals surface area contributed by atoms with Crippen LogP contribution in [0.25, 0.3) is 0 Å². The number of amides is 2. The maximum atomic E-state index is 11.9. The van der Waals surface area contributed by atoms with Crippen molar-refractivity contribution in [2.24, 2.45) is 5.73 Å². The molecule has 4 N–H and O–H groups in total. The van der Waals surface area contributed by atoms with Crippen molar-refractivity contribution in [3.63, 3.8) is 0 Å². The second kappa shape index (κ2) is 6.54. The zero-order chi connectivity index (χ0) is 13.7. The van der Waals surface area contributed by atoms with Gasteiger partial charge in [-0.25, -0.2) is 4.79 Å². The predicted molar refractivity (Wildman–Crippen MR) is 74.9 cm³/mol. The monoisotopic (exact) mass is 263 g/mol. The molecule has 1 aromatic carbocycles. The number of nitrogens with one attached hydrogen (secondary N) is 2. The molecular weight excluding hydrogens is 242 g/mol. The molecule has 1 aliphatic heterocycles. The van der Waals surface area contributed by atoms with E-state index in [0.29, 0.717) is 13.2 Å². The average molecular weight is 263 g/mol. The molecule has 1 saturated heterocycles. The van der Waals surface area contributed by atoms with Gasteiger partial charge in [0.05, 0.1) is 6.10 Å². The molecule has 5 nitrogen and oxygen atoms in total. The van der Waals surface area contributed by atoms with Crippen molar-refractivity contribution in [1.82, 2.24) is 5.32 Å². The Morgan fingerprint density at radius 2 is 2.37 bits per heavy atom. The third-order valence-electron chi connectivity index (χ3n) is 3.24. The van der Waals surface area contributed by atoms with E-state index in [0.717, 1.165) is 24.1 Å². The standard InChI is InChI=1S/C14H21N3O2/c1-10-7-13(5-6-19-10)17-14(18)16-12-4-2-3-11(8-12)9-15/h2-4,8,10,13H,5-7,9,15H2,1H3,(H2,16,17,18). The van der Waals surface area contributed by atoms with Gasteiger partial charge in [0.15, 0.2) is 0 Å². The van der Waals surface area contributed by atoms with E-state index in [4.69, 9.17) is 10.5 Å². The Bertz CT molecular complexity index is 436. The smallest absolute Gasteiger partial charge is 0.319 e. The molecule has 0 bridgehead atoms. The van der Waals surface area contributed by atoms with E-state index in [2.05, 4.69) is 10.6 Å². The summed E-state index contributed by atoms with van der Waals surface area (Å²) in [6, 6.07) is 7.56. The molecule has 2 rings (SSSR count). The summed E-state index contributed by atoms with van der Waals surface area (Å²) < 4.78 is 5.45. The summed E-state index contributed by atoms with van der Waals surface area (Å²) in [4.78, 5) is 11.9. The minimum Gasteiger partial charge on any atom is -0.378 e. The lowest BCUT2D eigenvalue weighted by Crippen LogP contribution is -2.43. The van der Waals surface area contributed by atoms with Crippen LogP contribution in [0.5, 0.6) is 0 Å². The third kappa shape index (κ3) is 4.22. The van der Waals surface area contributed by atoms with Crippen LogP contribution in [-0.4, -0.2) is 24.8 Å². The Morgan fingerprint density at radius 3 is 3.11 bits per heavy atom. The van der Waals surface area contributed by atoms with Gasteiger partial charge in [0.25, 0.3) is 0 Å². The molecule has 1 aliphatic rings. The van der Waals surface area contributed by atoms with Crippen LogP contribution in [0.1, 0.15) is 25.3 Å². The largest absolute Gasteiger partial charge is 0.378 e. The van der Waals surface area contributed by atoms with Gasteiger partial charge >= 0.3 is 6.03 Å². The van der Waals surface area contributed by atoms with E-state index in [-0.39, 0.29) is 18.2 Å². The maximum Gasteiger partial charge on any atom is 0.319 e. The molecule has 104 valence electrons. The molecule has 5 heteroatoms. The van der Waals surface area contributed by atoms with E-state index in [9.17, 15) is 4.79 Å².